The Morgan fingerprint density at radius 3 is 2.39 bits per heavy atom. The number of esters is 1. The van der Waals surface area contributed by atoms with Gasteiger partial charge < -0.3 is 41.2 Å². The van der Waals surface area contributed by atoms with Crippen LogP contribution in [-0.4, -0.2) is 59.2 Å². The molecule has 13 heteroatoms. The van der Waals surface area contributed by atoms with E-state index in [4.69, 9.17) is 35.9 Å². The smallest absolute Gasteiger partial charge is 0.347 e. The number of aryl methyl sites for hydroxylation is 1. The summed E-state index contributed by atoms with van der Waals surface area (Å²) in [4.78, 5) is 50.7. The van der Waals surface area contributed by atoms with E-state index in [2.05, 4.69) is 10.3 Å². The van der Waals surface area contributed by atoms with Gasteiger partial charge in [0.05, 0.1) is 12.1 Å². The molecule has 1 atom stereocenters. The molecular formula is C23H24N4O9. The number of aliphatic carboxylic acids is 2. The van der Waals surface area contributed by atoms with Gasteiger partial charge in [0, 0.05) is 12.5 Å². The van der Waals surface area contributed by atoms with Crippen molar-refractivity contribution in [2.24, 2.45) is 16.5 Å². The molecule has 3 rings (SSSR count). The molecule has 0 saturated carbocycles. The number of nitrogens with one attached hydrogen (secondary N) is 1. The van der Waals surface area contributed by atoms with Crippen LogP contribution in [0.25, 0.3) is 0 Å². The van der Waals surface area contributed by atoms with Gasteiger partial charge in [-0.1, -0.05) is 6.07 Å². The minimum Gasteiger partial charge on any atom is -0.489 e. The van der Waals surface area contributed by atoms with Gasteiger partial charge in [0.2, 0.25) is 5.91 Å². The Morgan fingerprint density at radius 2 is 1.72 bits per heavy atom. The predicted molar refractivity (Wildman–Crippen MR) is 124 cm³/mol. The van der Waals surface area contributed by atoms with Crippen LogP contribution in [0, 0.1) is 0 Å². The molecule has 1 aliphatic rings. The number of benzene rings is 2. The zero-order valence-electron chi connectivity index (χ0n) is 18.9. The fourth-order valence-electron chi connectivity index (χ4n) is 3.28. The number of ether oxygens (including phenoxy) is 3. The zero-order chi connectivity index (χ0) is 26.2. The van der Waals surface area contributed by atoms with E-state index in [1.807, 2.05) is 0 Å². The number of hydrogen-bond acceptors (Lipinski definition) is 8. The van der Waals surface area contributed by atoms with E-state index < -0.39 is 36.3 Å². The molecule has 0 fully saturated rings. The van der Waals surface area contributed by atoms with Crippen LogP contribution in [0.5, 0.6) is 17.2 Å². The highest BCUT2D eigenvalue weighted by Crippen LogP contribution is 2.33. The first kappa shape index (κ1) is 25.8. The molecule has 0 saturated heterocycles. The quantitative estimate of drug-likeness (QED) is 0.146. The second kappa shape index (κ2) is 11.6. The largest absolute Gasteiger partial charge is 0.489 e. The normalized spacial score (nSPS) is 13.4. The molecular weight excluding hydrogens is 476 g/mol. The number of carbonyl (C=O) groups excluding carboxylic acids is 2. The summed E-state index contributed by atoms with van der Waals surface area (Å²) in [6.07, 6.45) is -0.640. The highest BCUT2D eigenvalue weighted by atomic mass is 16.6. The van der Waals surface area contributed by atoms with E-state index in [1.54, 1.807) is 12.1 Å². The third kappa shape index (κ3) is 7.09. The van der Waals surface area contributed by atoms with Crippen LogP contribution in [0.4, 0.5) is 5.69 Å². The van der Waals surface area contributed by atoms with Crippen molar-refractivity contribution in [3.63, 3.8) is 0 Å². The molecule has 0 bridgehead atoms. The van der Waals surface area contributed by atoms with Crippen LogP contribution < -0.4 is 31.0 Å². The Balaban J connectivity index is 1.71. The Kier molecular flexibility index (Phi) is 8.28. The summed E-state index contributed by atoms with van der Waals surface area (Å²) in [5.74, 6) is -3.63. The van der Waals surface area contributed by atoms with Crippen molar-refractivity contribution in [1.82, 2.24) is 5.32 Å². The summed E-state index contributed by atoms with van der Waals surface area (Å²) in [5.41, 5.74) is 12.0. The number of carboxylic acids is 2. The van der Waals surface area contributed by atoms with E-state index in [-0.39, 0.29) is 54.8 Å². The van der Waals surface area contributed by atoms with Crippen LogP contribution >= 0.6 is 0 Å². The van der Waals surface area contributed by atoms with E-state index in [0.29, 0.717) is 11.3 Å². The topological polar surface area (TPSA) is 213 Å². The Bertz CT molecular complexity index is 1210. The lowest BCUT2D eigenvalue weighted by Gasteiger charge is -2.18. The standard InChI is InChI=1S/C23H24N4O9/c24-23(25)26-13-3-4-14-17(10-13)34-7-8-35-18-9-12(1-5-16(18)36-22(14)33)2-6-19(28)27-15(21(31)32)11-20(29)30/h1,3-5,9-10,15H,2,6-8,11H2,(H,27,28)(H,29,30)(H,31,32)(H4,24,25,26). The summed E-state index contributed by atoms with van der Waals surface area (Å²) >= 11 is 0. The molecule has 0 radical (unpaired) electrons. The first-order valence-corrected chi connectivity index (χ1v) is 10.7. The molecule has 0 spiro atoms. The van der Waals surface area contributed by atoms with Crippen LogP contribution in [0.15, 0.2) is 41.4 Å². The number of amides is 1. The first-order chi connectivity index (χ1) is 17.1. The van der Waals surface area contributed by atoms with Gasteiger partial charge in [-0.05, 0) is 36.2 Å². The number of carbonyl (C=O) groups is 4. The summed E-state index contributed by atoms with van der Waals surface area (Å²) in [6.45, 7) is 0.202. The highest BCUT2D eigenvalue weighted by Gasteiger charge is 2.23. The maximum atomic E-state index is 12.8. The average Bonchev–Trinajstić information content (AvgIpc) is 2.80. The van der Waals surface area contributed by atoms with Crippen LogP contribution in [0.3, 0.4) is 0 Å². The van der Waals surface area contributed by atoms with Crippen molar-refractivity contribution >= 4 is 35.5 Å². The van der Waals surface area contributed by atoms with Crippen molar-refractivity contribution < 1.29 is 43.6 Å². The molecule has 1 heterocycles. The van der Waals surface area contributed by atoms with Gasteiger partial charge in [0.1, 0.15) is 30.6 Å². The number of hydrogen-bond donors (Lipinski definition) is 5. The molecule has 2 aromatic carbocycles. The van der Waals surface area contributed by atoms with Gasteiger partial charge in [-0.15, -0.1) is 0 Å². The van der Waals surface area contributed by atoms with Gasteiger partial charge in [-0.3, -0.25) is 9.59 Å². The third-order valence-corrected chi connectivity index (χ3v) is 4.91. The highest BCUT2D eigenvalue weighted by molar-refractivity contribution is 5.95. The fraction of sp³-hybridized carbons (Fsp3) is 0.261. The molecule has 36 heavy (non-hydrogen) atoms. The molecule has 1 unspecified atom stereocenters. The van der Waals surface area contributed by atoms with Gasteiger partial charge in [0.25, 0.3) is 0 Å². The van der Waals surface area contributed by atoms with Crippen LogP contribution in [0.1, 0.15) is 28.8 Å². The van der Waals surface area contributed by atoms with Crippen LogP contribution in [0.2, 0.25) is 0 Å². The molecule has 190 valence electrons. The molecule has 7 N–H and O–H groups in total. The summed E-state index contributed by atoms with van der Waals surface area (Å²) < 4.78 is 16.8. The van der Waals surface area contributed by atoms with Crippen molar-refractivity contribution in [2.75, 3.05) is 13.2 Å². The Labute approximate surface area is 204 Å². The number of fused-ring (bicyclic) bond motifs is 2. The van der Waals surface area contributed by atoms with Gasteiger partial charge in [-0.2, -0.15) is 0 Å². The lowest BCUT2D eigenvalue weighted by atomic mass is 10.1. The average molecular weight is 500 g/mol. The molecule has 0 aliphatic carbocycles. The minimum absolute atomic E-state index is 0.0950. The predicted octanol–water partition coefficient (Wildman–Crippen LogP) is 0.559. The second-order valence-corrected chi connectivity index (χ2v) is 7.64. The lowest BCUT2D eigenvalue weighted by Crippen LogP contribution is -2.42. The van der Waals surface area contributed by atoms with E-state index in [9.17, 15) is 19.2 Å². The number of nitrogens with zero attached hydrogens (tertiary/aromatic N) is 1. The number of aliphatic imine (C=N–C) groups is 1. The summed E-state index contributed by atoms with van der Waals surface area (Å²) in [7, 11) is 0. The lowest BCUT2D eigenvalue weighted by molar-refractivity contribution is -0.147. The molecule has 2 aromatic rings. The number of rotatable bonds is 8. The van der Waals surface area contributed by atoms with Crippen molar-refractivity contribution in [3.05, 3.63) is 47.5 Å². The summed E-state index contributed by atoms with van der Waals surface area (Å²) in [6, 6.07) is 7.71. The number of nitrogens with two attached hydrogens (primary N) is 2. The van der Waals surface area contributed by atoms with Crippen molar-refractivity contribution in [2.45, 2.75) is 25.3 Å². The Morgan fingerprint density at radius 1 is 1.00 bits per heavy atom. The molecule has 1 amide bonds. The minimum atomic E-state index is -1.53. The van der Waals surface area contributed by atoms with Crippen molar-refractivity contribution in [3.8, 4) is 17.2 Å². The third-order valence-electron chi connectivity index (χ3n) is 4.91. The summed E-state index contributed by atoms with van der Waals surface area (Å²) in [5, 5.41) is 20.0. The van der Waals surface area contributed by atoms with E-state index in [1.165, 1.54) is 24.3 Å². The molecule has 1 aliphatic heterocycles. The maximum Gasteiger partial charge on any atom is 0.347 e. The first-order valence-electron chi connectivity index (χ1n) is 10.7. The van der Waals surface area contributed by atoms with E-state index in [0.717, 1.165) is 0 Å². The van der Waals surface area contributed by atoms with Gasteiger partial charge in [0.15, 0.2) is 17.5 Å². The Hall–Kier alpha value is -4.81. The molecule has 13 nitrogen and oxygen atoms in total. The number of guanidine groups is 1. The molecule has 0 aromatic heterocycles. The second-order valence-electron chi connectivity index (χ2n) is 7.64. The number of carboxylic acid groups (broad SMARTS) is 2. The van der Waals surface area contributed by atoms with Gasteiger partial charge in [-0.25, -0.2) is 14.6 Å². The van der Waals surface area contributed by atoms with E-state index >= 15 is 0 Å². The fourth-order valence-corrected chi connectivity index (χ4v) is 3.28. The van der Waals surface area contributed by atoms with Gasteiger partial charge >= 0.3 is 17.9 Å². The zero-order valence-corrected chi connectivity index (χ0v) is 18.9. The SMILES string of the molecule is NC(N)=Nc1ccc2c(c1)OCCOc1cc(CCC(=O)NC(CC(=O)O)C(=O)O)ccc1OC2=O. The van der Waals surface area contributed by atoms with Crippen molar-refractivity contribution in [1.29, 1.82) is 0 Å². The maximum absolute atomic E-state index is 12.8. The van der Waals surface area contributed by atoms with Crippen LogP contribution in [-0.2, 0) is 20.8 Å². The monoisotopic (exact) mass is 500 g/mol.